The summed E-state index contributed by atoms with van der Waals surface area (Å²) in [5.74, 6) is 0. The van der Waals surface area contributed by atoms with E-state index in [0.29, 0.717) is 6.54 Å². The van der Waals surface area contributed by atoms with Gasteiger partial charge in [0.15, 0.2) is 0 Å². The van der Waals surface area contributed by atoms with Gasteiger partial charge in [-0.25, -0.2) is 0 Å². The summed E-state index contributed by atoms with van der Waals surface area (Å²) in [6, 6.07) is 2.11. The molecule has 1 unspecified atom stereocenters. The molecule has 0 aliphatic rings. The van der Waals surface area contributed by atoms with Gasteiger partial charge in [0.2, 0.25) is 0 Å². The minimum atomic E-state index is -0.284. The second-order valence-electron chi connectivity index (χ2n) is 5.92. The van der Waals surface area contributed by atoms with E-state index in [1.165, 1.54) is 5.56 Å². The first-order valence-corrected chi connectivity index (χ1v) is 6.16. The van der Waals surface area contributed by atoms with Gasteiger partial charge in [-0.3, -0.25) is 4.98 Å². The third-order valence-corrected chi connectivity index (χ3v) is 2.49. The Morgan fingerprint density at radius 1 is 1.35 bits per heavy atom. The van der Waals surface area contributed by atoms with Gasteiger partial charge in [0, 0.05) is 25.5 Å². The van der Waals surface area contributed by atoms with Gasteiger partial charge in [0.1, 0.15) is 0 Å². The van der Waals surface area contributed by atoms with Crippen LogP contribution in [0.3, 0.4) is 0 Å². The lowest BCUT2D eigenvalue weighted by molar-refractivity contribution is 0.119. The number of aryl methyl sites for hydroxylation is 1. The van der Waals surface area contributed by atoms with Crippen molar-refractivity contribution >= 4 is 0 Å². The molecule has 0 aliphatic heterocycles. The topological polar surface area (TPSA) is 45.2 Å². The number of hydrogen-bond donors (Lipinski definition) is 2. The molecule has 1 rings (SSSR count). The zero-order valence-electron chi connectivity index (χ0n) is 11.3. The second-order valence-corrected chi connectivity index (χ2v) is 5.92. The minimum Gasteiger partial charge on any atom is -0.392 e. The molecule has 0 saturated heterocycles. The number of aliphatic hydroxyl groups excluding tert-OH is 1. The van der Waals surface area contributed by atoms with Gasteiger partial charge in [-0.2, -0.15) is 0 Å². The molecule has 1 heterocycles. The highest BCUT2D eigenvalue weighted by Crippen LogP contribution is 2.20. The minimum absolute atomic E-state index is 0.173. The summed E-state index contributed by atoms with van der Waals surface area (Å²) < 4.78 is 0. The quantitative estimate of drug-likeness (QED) is 0.824. The molecule has 17 heavy (non-hydrogen) atoms. The molecule has 1 aromatic rings. The lowest BCUT2D eigenvalue weighted by atomic mass is 9.89. The van der Waals surface area contributed by atoms with E-state index in [9.17, 15) is 5.11 Å². The van der Waals surface area contributed by atoms with Crippen molar-refractivity contribution in [1.29, 1.82) is 0 Å². The van der Waals surface area contributed by atoms with Gasteiger partial charge >= 0.3 is 0 Å². The Labute approximate surface area is 104 Å². The standard InChI is InChI=1S/C14H24N2O/c1-11-5-12(8-15-7-11)9-16-10-13(17)6-14(2,3)4/h5,7-8,13,16-17H,6,9-10H2,1-4H3. The van der Waals surface area contributed by atoms with Crippen LogP contribution in [-0.4, -0.2) is 22.7 Å². The van der Waals surface area contributed by atoms with E-state index in [2.05, 4.69) is 37.1 Å². The maximum absolute atomic E-state index is 9.84. The highest BCUT2D eigenvalue weighted by molar-refractivity contribution is 5.16. The molecule has 1 atom stereocenters. The molecule has 0 radical (unpaired) electrons. The van der Waals surface area contributed by atoms with Gasteiger partial charge in [0.25, 0.3) is 0 Å². The number of pyridine rings is 1. The smallest absolute Gasteiger partial charge is 0.0669 e. The lowest BCUT2D eigenvalue weighted by Crippen LogP contribution is -2.29. The van der Waals surface area contributed by atoms with Crippen molar-refractivity contribution in [3.63, 3.8) is 0 Å². The first-order chi connectivity index (χ1) is 7.87. The van der Waals surface area contributed by atoms with Crippen LogP contribution in [0.5, 0.6) is 0 Å². The molecule has 0 fully saturated rings. The summed E-state index contributed by atoms with van der Waals surface area (Å²) in [6.45, 7) is 9.84. The number of aromatic nitrogens is 1. The fourth-order valence-electron chi connectivity index (χ4n) is 1.88. The van der Waals surface area contributed by atoms with E-state index in [1.54, 1.807) is 0 Å². The molecular formula is C14H24N2O. The van der Waals surface area contributed by atoms with Crippen molar-refractivity contribution in [3.8, 4) is 0 Å². The maximum Gasteiger partial charge on any atom is 0.0669 e. The molecule has 3 nitrogen and oxygen atoms in total. The Bertz CT molecular complexity index is 344. The van der Waals surface area contributed by atoms with E-state index in [-0.39, 0.29) is 11.5 Å². The third kappa shape index (κ3) is 6.39. The Hall–Kier alpha value is -0.930. The van der Waals surface area contributed by atoms with Crippen LogP contribution in [0.4, 0.5) is 0 Å². The maximum atomic E-state index is 9.84. The molecule has 0 bridgehead atoms. The Morgan fingerprint density at radius 3 is 2.65 bits per heavy atom. The van der Waals surface area contributed by atoms with Crippen molar-refractivity contribution < 1.29 is 5.11 Å². The van der Waals surface area contributed by atoms with Gasteiger partial charge < -0.3 is 10.4 Å². The first-order valence-electron chi connectivity index (χ1n) is 6.16. The van der Waals surface area contributed by atoms with E-state index in [4.69, 9.17) is 0 Å². The fraction of sp³-hybridized carbons (Fsp3) is 0.643. The normalized spacial score (nSPS) is 13.7. The fourth-order valence-corrected chi connectivity index (χ4v) is 1.88. The average molecular weight is 236 g/mol. The molecule has 0 aliphatic carbocycles. The van der Waals surface area contributed by atoms with Crippen molar-refractivity contribution in [1.82, 2.24) is 10.3 Å². The molecule has 1 aromatic heterocycles. The van der Waals surface area contributed by atoms with E-state index in [1.807, 2.05) is 19.3 Å². The Morgan fingerprint density at radius 2 is 2.06 bits per heavy atom. The zero-order chi connectivity index (χ0) is 12.9. The van der Waals surface area contributed by atoms with Crippen LogP contribution in [0, 0.1) is 12.3 Å². The lowest BCUT2D eigenvalue weighted by Gasteiger charge is -2.22. The summed E-state index contributed by atoms with van der Waals surface area (Å²) in [5.41, 5.74) is 2.50. The summed E-state index contributed by atoms with van der Waals surface area (Å²) in [6.07, 6.45) is 4.23. The van der Waals surface area contributed by atoms with Crippen LogP contribution in [0.2, 0.25) is 0 Å². The van der Waals surface area contributed by atoms with Crippen molar-refractivity contribution in [2.75, 3.05) is 6.54 Å². The highest BCUT2D eigenvalue weighted by atomic mass is 16.3. The Kier molecular flexibility index (Phi) is 5.09. The van der Waals surface area contributed by atoms with Gasteiger partial charge in [-0.05, 0) is 29.9 Å². The molecule has 96 valence electrons. The highest BCUT2D eigenvalue weighted by Gasteiger charge is 2.15. The summed E-state index contributed by atoms with van der Waals surface area (Å²) in [5, 5.41) is 13.1. The number of hydrogen-bond acceptors (Lipinski definition) is 3. The average Bonchev–Trinajstić information content (AvgIpc) is 2.14. The van der Waals surface area contributed by atoms with Gasteiger partial charge in [0.05, 0.1) is 6.10 Å². The molecular weight excluding hydrogens is 212 g/mol. The number of aliphatic hydroxyl groups is 1. The van der Waals surface area contributed by atoms with Gasteiger partial charge in [-0.1, -0.05) is 26.8 Å². The SMILES string of the molecule is Cc1cncc(CNCC(O)CC(C)(C)C)c1. The molecule has 0 aromatic carbocycles. The first kappa shape index (κ1) is 14.1. The zero-order valence-corrected chi connectivity index (χ0v) is 11.3. The van der Waals surface area contributed by atoms with Crippen LogP contribution >= 0.6 is 0 Å². The van der Waals surface area contributed by atoms with Crippen molar-refractivity contribution in [2.45, 2.75) is 46.8 Å². The van der Waals surface area contributed by atoms with Crippen molar-refractivity contribution in [2.24, 2.45) is 5.41 Å². The molecule has 0 saturated carbocycles. The third-order valence-electron chi connectivity index (χ3n) is 2.49. The van der Waals surface area contributed by atoms with E-state index in [0.717, 1.165) is 18.5 Å². The number of nitrogens with zero attached hydrogens (tertiary/aromatic N) is 1. The summed E-state index contributed by atoms with van der Waals surface area (Å²) in [7, 11) is 0. The van der Waals surface area contributed by atoms with Crippen LogP contribution in [0.25, 0.3) is 0 Å². The number of rotatable bonds is 5. The van der Waals surface area contributed by atoms with Crippen LogP contribution < -0.4 is 5.32 Å². The van der Waals surface area contributed by atoms with Gasteiger partial charge in [-0.15, -0.1) is 0 Å². The van der Waals surface area contributed by atoms with Crippen LogP contribution in [-0.2, 0) is 6.54 Å². The van der Waals surface area contributed by atoms with E-state index >= 15 is 0 Å². The predicted octanol–water partition coefficient (Wildman–Crippen LogP) is 2.28. The summed E-state index contributed by atoms with van der Waals surface area (Å²) >= 11 is 0. The second kappa shape index (κ2) is 6.12. The summed E-state index contributed by atoms with van der Waals surface area (Å²) in [4.78, 5) is 4.14. The number of nitrogens with one attached hydrogen (secondary N) is 1. The molecule has 0 amide bonds. The van der Waals surface area contributed by atoms with Crippen LogP contribution in [0.15, 0.2) is 18.5 Å². The predicted molar refractivity (Wildman–Crippen MR) is 70.8 cm³/mol. The monoisotopic (exact) mass is 236 g/mol. The Balaban J connectivity index is 2.28. The molecule has 2 N–H and O–H groups in total. The van der Waals surface area contributed by atoms with E-state index < -0.39 is 0 Å². The largest absolute Gasteiger partial charge is 0.392 e. The molecule has 3 heteroatoms. The molecule has 0 spiro atoms. The van der Waals surface area contributed by atoms with Crippen LogP contribution in [0.1, 0.15) is 38.3 Å². The van der Waals surface area contributed by atoms with Crippen molar-refractivity contribution in [3.05, 3.63) is 29.6 Å².